The largest absolute Gasteiger partial charge is 0.280 e. The van der Waals surface area contributed by atoms with E-state index in [-0.39, 0.29) is 11.3 Å². The maximum absolute atomic E-state index is 12.1. The van der Waals surface area contributed by atoms with Crippen LogP contribution in [0.1, 0.15) is 5.56 Å². The van der Waals surface area contributed by atoms with E-state index in [4.69, 9.17) is 5.26 Å². The molecule has 0 bridgehead atoms. The number of nitrogens with one attached hydrogen (secondary N) is 1. The Balaban J connectivity index is 2.23. The fourth-order valence-electron chi connectivity index (χ4n) is 1.51. The number of hydrogen-bond donors (Lipinski definition) is 1. The molecule has 0 saturated carbocycles. The molecular formula is C13H11N3O2S. The summed E-state index contributed by atoms with van der Waals surface area (Å²) < 4.78 is 26.6. The van der Waals surface area contributed by atoms with Gasteiger partial charge < -0.3 is 0 Å². The van der Waals surface area contributed by atoms with Crippen LogP contribution in [0.3, 0.4) is 0 Å². The van der Waals surface area contributed by atoms with Crippen LogP contribution >= 0.6 is 0 Å². The van der Waals surface area contributed by atoms with Crippen molar-refractivity contribution in [1.29, 1.82) is 5.26 Å². The van der Waals surface area contributed by atoms with E-state index in [1.165, 1.54) is 24.5 Å². The summed E-state index contributed by atoms with van der Waals surface area (Å²) in [5.74, 6) is 0. The zero-order valence-electron chi connectivity index (χ0n) is 9.95. The molecule has 0 atom stereocenters. The molecule has 6 heteroatoms. The van der Waals surface area contributed by atoms with Gasteiger partial charge in [-0.05, 0) is 29.8 Å². The molecule has 0 saturated heterocycles. The van der Waals surface area contributed by atoms with E-state index < -0.39 is 10.0 Å². The van der Waals surface area contributed by atoms with E-state index >= 15 is 0 Å². The maximum atomic E-state index is 12.1. The van der Waals surface area contributed by atoms with E-state index in [0.717, 1.165) is 5.56 Å². The molecule has 0 aliphatic carbocycles. The zero-order valence-corrected chi connectivity index (χ0v) is 10.8. The lowest BCUT2D eigenvalue weighted by atomic mass is 10.2. The van der Waals surface area contributed by atoms with Crippen molar-refractivity contribution in [2.45, 2.75) is 11.3 Å². The number of nitriles is 1. The number of hydrogen-bond acceptors (Lipinski definition) is 4. The SMILES string of the molecule is N#CCc1ccc(S(=O)(=O)Nc2ccncc2)cc1. The molecule has 2 rings (SSSR count). The highest BCUT2D eigenvalue weighted by Gasteiger charge is 2.13. The molecule has 0 radical (unpaired) electrons. The van der Waals surface area contributed by atoms with Crippen LogP contribution in [-0.4, -0.2) is 13.4 Å². The average Bonchev–Trinajstić information content (AvgIpc) is 2.40. The highest BCUT2D eigenvalue weighted by Crippen LogP contribution is 2.15. The molecule has 19 heavy (non-hydrogen) atoms. The van der Waals surface area contributed by atoms with Crippen LogP contribution in [0.2, 0.25) is 0 Å². The third-order valence-electron chi connectivity index (χ3n) is 2.45. The summed E-state index contributed by atoms with van der Waals surface area (Å²) in [6.07, 6.45) is 3.28. The van der Waals surface area contributed by atoms with Crippen LogP contribution in [0.25, 0.3) is 0 Å². The Bertz CT molecular complexity index is 689. The van der Waals surface area contributed by atoms with Gasteiger partial charge in [0, 0.05) is 12.4 Å². The molecule has 5 nitrogen and oxygen atoms in total. The van der Waals surface area contributed by atoms with E-state index in [0.29, 0.717) is 5.69 Å². The third-order valence-corrected chi connectivity index (χ3v) is 3.85. The number of sulfonamides is 1. The zero-order chi connectivity index (χ0) is 13.7. The number of nitrogens with zero attached hydrogens (tertiary/aromatic N) is 2. The number of rotatable bonds is 4. The average molecular weight is 273 g/mol. The van der Waals surface area contributed by atoms with Crippen molar-refractivity contribution in [3.8, 4) is 6.07 Å². The monoisotopic (exact) mass is 273 g/mol. The van der Waals surface area contributed by atoms with Gasteiger partial charge in [0.1, 0.15) is 0 Å². The van der Waals surface area contributed by atoms with Gasteiger partial charge >= 0.3 is 0 Å². The van der Waals surface area contributed by atoms with Gasteiger partial charge in [-0.2, -0.15) is 5.26 Å². The molecule has 0 unspecified atom stereocenters. The summed E-state index contributed by atoms with van der Waals surface area (Å²) in [5.41, 5.74) is 1.24. The summed E-state index contributed by atoms with van der Waals surface area (Å²) in [4.78, 5) is 3.97. The first-order chi connectivity index (χ1) is 9.12. The number of aromatic nitrogens is 1. The Hall–Kier alpha value is -2.39. The van der Waals surface area contributed by atoms with Gasteiger partial charge in [-0.25, -0.2) is 8.42 Å². The van der Waals surface area contributed by atoms with Crippen molar-refractivity contribution in [3.05, 3.63) is 54.4 Å². The van der Waals surface area contributed by atoms with Gasteiger partial charge in [0.05, 0.1) is 23.1 Å². The normalized spacial score (nSPS) is 10.7. The summed E-state index contributed by atoms with van der Waals surface area (Å²) in [6, 6.07) is 11.4. The minimum atomic E-state index is -3.61. The van der Waals surface area contributed by atoms with Gasteiger partial charge in [0.15, 0.2) is 0 Å². The Labute approximate surface area is 111 Å². The van der Waals surface area contributed by atoms with Crippen molar-refractivity contribution in [1.82, 2.24) is 4.98 Å². The van der Waals surface area contributed by atoms with Crippen LogP contribution in [0.4, 0.5) is 5.69 Å². The van der Waals surface area contributed by atoms with Crippen molar-refractivity contribution in [2.75, 3.05) is 4.72 Å². The Morgan fingerprint density at radius 3 is 2.32 bits per heavy atom. The van der Waals surface area contributed by atoms with Crippen molar-refractivity contribution in [2.24, 2.45) is 0 Å². The molecule has 0 aliphatic heterocycles. The molecule has 0 aliphatic rings. The highest BCUT2D eigenvalue weighted by atomic mass is 32.2. The van der Waals surface area contributed by atoms with Crippen LogP contribution < -0.4 is 4.72 Å². The topological polar surface area (TPSA) is 82.8 Å². The second kappa shape index (κ2) is 5.50. The van der Waals surface area contributed by atoms with E-state index in [1.807, 2.05) is 6.07 Å². The first-order valence-corrected chi connectivity index (χ1v) is 6.99. The summed E-state index contributed by atoms with van der Waals surface area (Å²) in [6.45, 7) is 0. The molecule has 2 aromatic rings. The summed E-state index contributed by atoms with van der Waals surface area (Å²) in [7, 11) is -3.61. The second-order valence-electron chi connectivity index (χ2n) is 3.82. The summed E-state index contributed by atoms with van der Waals surface area (Å²) >= 11 is 0. The predicted molar refractivity (Wildman–Crippen MR) is 70.8 cm³/mol. The minimum absolute atomic E-state index is 0.158. The minimum Gasteiger partial charge on any atom is -0.280 e. The highest BCUT2D eigenvalue weighted by molar-refractivity contribution is 7.92. The standard InChI is InChI=1S/C13H11N3O2S/c14-8-5-11-1-3-13(4-2-11)19(17,18)16-12-6-9-15-10-7-12/h1-4,6-7,9-10H,5H2,(H,15,16). The molecule has 1 aromatic carbocycles. The van der Waals surface area contributed by atoms with Crippen LogP contribution in [0, 0.1) is 11.3 Å². The molecule has 0 amide bonds. The van der Waals surface area contributed by atoms with Gasteiger partial charge in [-0.1, -0.05) is 12.1 Å². The quantitative estimate of drug-likeness (QED) is 0.922. The molecule has 1 heterocycles. The molecule has 1 aromatic heterocycles. The van der Waals surface area contributed by atoms with Crippen molar-refractivity contribution >= 4 is 15.7 Å². The maximum Gasteiger partial charge on any atom is 0.261 e. The second-order valence-corrected chi connectivity index (χ2v) is 5.50. The number of anilines is 1. The van der Waals surface area contributed by atoms with Crippen LogP contribution in [-0.2, 0) is 16.4 Å². The molecule has 96 valence electrons. The third kappa shape index (κ3) is 3.30. The lowest BCUT2D eigenvalue weighted by molar-refractivity contribution is 0.601. The van der Waals surface area contributed by atoms with Crippen molar-refractivity contribution in [3.63, 3.8) is 0 Å². The van der Waals surface area contributed by atoms with Gasteiger partial charge in [-0.15, -0.1) is 0 Å². The molecule has 0 fully saturated rings. The van der Waals surface area contributed by atoms with Crippen LogP contribution in [0.5, 0.6) is 0 Å². The molecule has 0 spiro atoms. The summed E-state index contributed by atoms with van der Waals surface area (Å²) in [5, 5.41) is 8.56. The first-order valence-electron chi connectivity index (χ1n) is 5.50. The Morgan fingerprint density at radius 2 is 1.74 bits per heavy atom. The predicted octanol–water partition coefficient (Wildman–Crippen LogP) is 1.95. The van der Waals surface area contributed by atoms with Gasteiger partial charge in [0.25, 0.3) is 10.0 Å². The lowest BCUT2D eigenvalue weighted by Gasteiger charge is -2.07. The fraction of sp³-hybridized carbons (Fsp3) is 0.0769. The van der Waals surface area contributed by atoms with E-state index in [2.05, 4.69) is 9.71 Å². The number of benzene rings is 1. The molecular weight excluding hydrogens is 262 g/mol. The van der Waals surface area contributed by atoms with Crippen LogP contribution in [0.15, 0.2) is 53.7 Å². The van der Waals surface area contributed by atoms with E-state index in [9.17, 15) is 8.42 Å². The van der Waals surface area contributed by atoms with Crippen molar-refractivity contribution < 1.29 is 8.42 Å². The molecule has 1 N–H and O–H groups in total. The first kappa shape index (κ1) is 13.1. The number of pyridine rings is 1. The lowest BCUT2D eigenvalue weighted by Crippen LogP contribution is -2.12. The fourth-order valence-corrected chi connectivity index (χ4v) is 2.57. The van der Waals surface area contributed by atoms with E-state index in [1.54, 1.807) is 24.3 Å². The Kier molecular flexibility index (Phi) is 3.78. The smallest absolute Gasteiger partial charge is 0.261 e. The van der Waals surface area contributed by atoms with Gasteiger partial charge in [0.2, 0.25) is 0 Å². The Morgan fingerprint density at radius 1 is 1.11 bits per heavy atom. The van der Waals surface area contributed by atoms with Gasteiger partial charge in [-0.3, -0.25) is 9.71 Å².